The van der Waals surface area contributed by atoms with E-state index in [1.807, 2.05) is 48.5 Å². The third-order valence-corrected chi connectivity index (χ3v) is 5.40. The first kappa shape index (κ1) is 17.7. The van der Waals surface area contributed by atoms with Crippen LogP contribution < -0.4 is 4.90 Å². The number of nitrogens with zero attached hydrogens (tertiary/aromatic N) is 2. The number of ether oxygens (including phenoxy) is 1. The second-order valence-corrected chi connectivity index (χ2v) is 7.32. The summed E-state index contributed by atoms with van der Waals surface area (Å²) in [6.07, 6.45) is 6.53. The summed E-state index contributed by atoms with van der Waals surface area (Å²) in [6, 6.07) is 23.3. The van der Waals surface area contributed by atoms with Crippen LogP contribution >= 0.6 is 0 Å². The maximum absolute atomic E-state index is 12.6. The van der Waals surface area contributed by atoms with Gasteiger partial charge in [0.2, 0.25) is 9.84 Å². The Morgan fingerprint density at radius 1 is 0.808 bits per heavy atom. The maximum Gasteiger partial charge on any atom is 0.282 e. The van der Waals surface area contributed by atoms with Gasteiger partial charge in [-0.3, -0.25) is 9.88 Å². The highest BCUT2D eigenvalue weighted by molar-refractivity contribution is 7.92. The van der Waals surface area contributed by atoms with E-state index in [0.29, 0.717) is 0 Å². The van der Waals surface area contributed by atoms with Crippen LogP contribution in [0.1, 0.15) is 0 Å². The first-order chi connectivity index (χ1) is 12.7. The summed E-state index contributed by atoms with van der Waals surface area (Å²) in [6.45, 7) is 0. The Hall–Kier alpha value is -3.12. The van der Waals surface area contributed by atoms with E-state index in [2.05, 4.69) is 4.98 Å². The summed E-state index contributed by atoms with van der Waals surface area (Å²) in [5.74, 6) is 0. The molecule has 2 heterocycles. The number of benzene rings is 2. The van der Waals surface area contributed by atoms with Crippen molar-refractivity contribution in [1.82, 2.24) is 4.98 Å². The molecule has 0 N–H and O–H groups in total. The van der Waals surface area contributed by atoms with Crippen LogP contribution in [0.2, 0.25) is 0 Å². The van der Waals surface area contributed by atoms with Gasteiger partial charge >= 0.3 is 0 Å². The molecular weight excluding hydrogens is 348 g/mol. The number of hydrogen-bond donors (Lipinski definition) is 0. The summed E-state index contributed by atoms with van der Waals surface area (Å²) in [7, 11) is -3.59. The number of hydrogen-bond acceptors (Lipinski definition) is 5. The number of sulfone groups is 1. The molecule has 0 saturated heterocycles. The zero-order valence-corrected chi connectivity index (χ0v) is 14.7. The molecule has 0 amide bonds. The summed E-state index contributed by atoms with van der Waals surface area (Å²) < 4.78 is 30.5. The Kier molecular flexibility index (Phi) is 5.66. The minimum Gasteiger partial charge on any atom is -0.461 e. The molecule has 2 aromatic carbocycles. The van der Waals surface area contributed by atoms with Crippen molar-refractivity contribution >= 4 is 15.5 Å². The van der Waals surface area contributed by atoms with Gasteiger partial charge in [0.25, 0.3) is 5.56 Å². The van der Waals surface area contributed by atoms with Gasteiger partial charge in [0.1, 0.15) is 6.26 Å². The molecule has 5 nitrogen and oxygen atoms in total. The Morgan fingerprint density at radius 3 is 1.92 bits per heavy atom. The Labute approximate surface area is 153 Å². The average Bonchev–Trinajstić information content (AvgIpc) is 3.22. The largest absolute Gasteiger partial charge is 0.461 e. The molecule has 0 saturated carbocycles. The quantitative estimate of drug-likeness (QED) is 0.705. The summed E-state index contributed by atoms with van der Waals surface area (Å²) in [5, 5.41) is 0. The molecule has 0 aliphatic carbocycles. The minimum atomic E-state index is -3.59. The smallest absolute Gasteiger partial charge is 0.282 e. The van der Waals surface area contributed by atoms with Crippen LogP contribution in [-0.4, -0.2) is 19.0 Å². The number of pyridine rings is 1. The third kappa shape index (κ3) is 4.10. The van der Waals surface area contributed by atoms with Gasteiger partial charge in [-0.1, -0.05) is 42.5 Å². The van der Waals surface area contributed by atoms with Gasteiger partial charge in [0.15, 0.2) is 0 Å². The monoisotopic (exact) mass is 366 g/mol. The number of anilines is 1. The highest BCUT2D eigenvalue weighted by atomic mass is 32.2. The molecule has 26 heavy (non-hydrogen) atoms. The van der Waals surface area contributed by atoms with Crippen molar-refractivity contribution in [3.63, 3.8) is 0 Å². The fraction of sp³-hybridized carbons (Fsp3) is 0.0500. The SMILES string of the molecule is O=S(=O)(c1ccccc1)C1OC=CN1c1ccccc1.c1ccncc1. The van der Waals surface area contributed by atoms with Gasteiger partial charge in [-0.05, 0) is 36.4 Å². The lowest BCUT2D eigenvalue weighted by molar-refractivity contribution is 0.238. The van der Waals surface area contributed by atoms with Gasteiger partial charge < -0.3 is 4.74 Å². The van der Waals surface area contributed by atoms with Crippen LogP contribution in [0, 0.1) is 0 Å². The predicted octanol–water partition coefficient (Wildman–Crippen LogP) is 3.83. The molecular formula is C20H18N2O3S. The van der Waals surface area contributed by atoms with Gasteiger partial charge in [0, 0.05) is 24.3 Å². The maximum atomic E-state index is 12.6. The number of aromatic nitrogens is 1. The topological polar surface area (TPSA) is 59.5 Å². The minimum absolute atomic E-state index is 0.245. The van der Waals surface area contributed by atoms with Crippen molar-refractivity contribution in [3.05, 3.63) is 104 Å². The summed E-state index contributed by atoms with van der Waals surface area (Å²) in [4.78, 5) is 5.63. The van der Waals surface area contributed by atoms with Gasteiger partial charge in [-0.2, -0.15) is 0 Å². The van der Waals surface area contributed by atoms with Crippen LogP contribution in [0.5, 0.6) is 0 Å². The Balaban J connectivity index is 0.000000278. The normalized spacial score (nSPS) is 15.7. The van der Waals surface area contributed by atoms with Gasteiger partial charge in [0.05, 0.1) is 4.90 Å². The summed E-state index contributed by atoms with van der Waals surface area (Å²) in [5.41, 5.74) is -0.293. The standard InChI is InChI=1S/C15H13NO3S.C5H5N/c17-20(18,14-9-5-2-6-10-14)15-16(11-12-19-15)13-7-3-1-4-8-13;1-2-4-6-5-3-1/h1-12,15H;1-5H. The number of para-hydroxylation sites is 1. The molecule has 0 radical (unpaired) electrons. The molecule has 0 bridgehead atoms. The van der Waals surface area contributed by atoms with E-state index in [-0.39, 0.29) is 4.90 Å². The second-order valence-electron chi connectivity index (χ2n) is 5.35. The van der Waals surface area contributed by atoms with Crippen LogP contribution in [0.3, 0.4) is 0 Å². The molecule has 1 unspecified atom stereocenters. The molecule has 1 atom stereocenters. The van der Waals surface area contributed by atoms with Crippen LogP contribution in [0.4, 0.5) is 5.69 Å². The number of rotatable bonds is 3. The van der Waals surface area contributed by atoms with E-state index in [1.165, 1.54) is 6.26 Å². The highest BCUT2D eigenvalue weighted by Crippen LogP contribution is 2.28. The van der Waals surface area contributed by atoms with Crippen molar-refractivity contribution in [2.24, 2.45) is 0 Å². The lowest BCUT2D eigenvalue weighted by atomic mass is 10.3. The zero-order chi connectivity index (χ0) is 18.2. The van der Waals surface area contributed by atoms with E-state index in [0.717, 1.165) is 5.69 Å². The molecule has 6 heteroatoms. The van der Waals surface area contributed by atoms with E-state index < -0.39 is 15.4 Å². The summed E-state index contributed by atoms with van der Waals surface area (Å²) >= 11 is 0. The van der Waals surface area contributed by atoms with E-state index >= 15 is 0 Å². The fourth-order valence-corrected chi connectivity index (χ4v) is 3.84. The Morgan fingerprint density at radius 2 is 1.38 bits per heavy atom. The molecule has 1 aromatic heterocycles. The van der Waals surface area contributed by atoms with Crippen molar-refractivity contribution in [1.29, 1.82) is 0 Å². The van der Waals surface area contributed by atoms with Crippen molar-refractivity contribution < 1.29 is 13.2 Å². The van der Waals surface area contributed by atoms with Crippen LogP contribution in [0.15, 0.2) is 109 Å². The molecule has 1 aliphatic rings. The van der Waals surface area contributed by atoms with Crippen LogP contribution in [-0.2, 0) is 14.6 Å². The van der Waals surface area contributed by atoms with Crippen molar-refractivity contribution in [3.8, 4) is 0 Å². The Bertz CT molecular complexity index is 904. The van der Waals surface area contributed by atoms with Gasteiger partial charge in [-0.25, -0.2) is 8.42 Å². The highest BCUT2D eigenvalue weighted by Gasteiger charge is 2.36. The van der Waals surface area contributed by atoms with Gasteiger partial charge in [-0.15, -0.1) is 0 Å². The van der Waals surface area contributed by atoms with E-state index in [4.69, 9.17) is 4.74 Å². The van der Waals surface area contributed by atoms with Crippen molar-refractivity contribution in [2.75, 3.05) is 4.90 Å². The van der Waals surface area contributed by atoms with E-state index in [9.17, 15) is 8.42 Å². The lowest BCUT2D eigenvalue weighted by Gasteiger charge is -2.24. The third-order valence-electron chi connectivity index (χ3n) is 3.60. The predicted molar refractivity (Wildman–Crippen MR) is 101 cm³/mol. The lowest BCUT2D eigenvalue weighted by Crippen LogP contribution is -2.35. The molecule has 3 aromatic rings. The first-order valence-electron chi connectivity index (χ1n) is 7.99. The zero-order valence-electron chi connectivity index (χ0n) is 13.9. The molecule has 132 valence electrons. The fourth-order valence-electron chi connectivity index (χ4n) is 2.37. The average molecular weight is 366 g/mol. The molecule has 0 spiro atoms. The molecule has 4 rings (SSSR count). The second kappa shape index (κ2) is 8.31. The van der Waals surface area contributed by atoms with Crippen molar-refractivity contribution in [2.45, 2.75) is 10.5 Å². The van der Waals surface area contributed by atoms with E-state index in [1.54, 1.807) is 53.8 Å². The first-order valence-corrected chi connectivity index (χ1v) is 9.54. The molecule has 0 fully saturated rings. The van der Waals surface area contributed by atoms with Crippen LogP contribution in [0.25, 0.3) is 0 Å². The molecule has 1 aliphatic heterocycles.